The molecule has 2 aromatic carbocycles. The van der Waals surface area contributed by atoms with Gasteiger partial charge in [-0.15, -0.1) is 0 Å². The predicted octanol–water partition coefficient (Wildman–Crippen LogP) is 4.69. The van der Waals surface area contributed by atoms with Gasteiger partial charge in [-0.25, -0.2) is 4.79 Å². The van der Waals surface area contributed by atoms with Crippen molar-refractivity contribution >= 4 is 27.6 Å². The number of benzene rings is 2. The lowest BCUT2D eigenvalue weighted by Crippen LogP contribution is -2.45. The van der Waals surface area contributed by atoms with Crippen LogP contribution in [0.15, 0.2) is 64.2 Å². The molecule has 8 heteroatoms. The van der Waals surface area contributed by atoms with Crippen LogP contribution in [-0.2, 0) is 20.9 Å². The standard InChI is InChI=1S/C19H21BrN4O3/c1-2-26-19(25)18(23-16-10-8-15(20)9-11-16)17(12-22-24-21)27-13-14-6-4-3-5-7-14/h3-11,17-18,23H,2,12-13H2,1H3. The molecule has 2 unspecified atom stereocenters. The van der Waals surface area contributed by atoms with Crippen molar-refractivity contribution in [2.24, 2.45) is 5.11 Å². The fourth-order valence-corrected chi connectivity index (χ4v) is 2.67. The molecular formula is C19H21BrN4O3. The fraction of sp³-hybridized carbons (Fsp3) is 0.316. The van der Waals surface area contributed by atoms with Crippen LogP contribution in [0.2, 0.25) is 0 Å². The zero-order valence-electron chi connectivity index (χ0n) is 14.9. The maximum atomic E-state index is 12.5. The van der Waals surface area contributed by atoms with Crippen molar-refractivity contribution in [3.63, 3.8) is 0 Å². The molecule has 0 bridgehead atoms. The van der Waals surface area contributed by atoms with Crippen molar-refractivity contribution in [1.82, 2.24) is 0 Å². The summed E-state index contributed by atoms with van der Waals surface area (Å²) >= 11 is 3.38. The van der Waals surface area contributed by atoms with Gasteiger partial charge in [-0.1, -0.05) is 51.4 Å². The minimum absolute atomic E-state index is 0.00363. The van der Waals surface area contributed by atoms with Gasteiger partial charge in [0.15, 0.2) is 6.04 Å². The number of anilines is 1. The monoisotopic (exact) mass is 432 g/mol. The highest BCUT2D eigenvalue weighted by molar-refractivity contribution is 9.10. The molecule has 0 amide bonds. The Morgan fingerprint density at radius 3 is 2.56 bits per heavy atom. The normalized spacial score (nSPS) is 12.5. The van der Waals surface area contributed by atoms with Gasteiger partial charge in [-0.05, 0) is 42.3 Å². The van der Waals surface area contributed by atoms with E-state index >= 15 is 0 Å². The summed E-state index contributed by atoms with van der Waals surface area (Å²) in [5, 5.41) is 6.74. The molecule has 7 nitrogen and oxygen atoms in total. The van der Waals surface area contributed by atoms with E-state index in [0.29, 0.717) is 0 Å². The molecule has 0 heterocycles. The van der Waals surface area contributed by atoms with Gasteiger partial charge in [0.2, 0.25) is 0 Å². The molecule has 0 saturated heterocycles. The van der Waals surface area contributed by atoms with Crippen molar-refractivity contribution in [2.45, 2.75) is 25.7 Å². The molecule has 2 rings (SSSR count). The van der Waals surface area contributed by atoms with Gasteiger partial charge in [0.05, 0.1) is 25.9 Å². The lowest BCUT2D eigenvalue weighted by molar-refractivity contribution is -0.147. The highest BCUT2D eigenvalue weighted by Gasteiger charge is 2.30. The Bertz CT molecular complexity index is 764. The van der Waals surface area contributed by atoms with E-state index in [1.54, 1.807) is 6.92 Å². The Hall–Kier alpha value is -2.54. The van der Waals surface area contributed by atoms with E-state index in [0.717, 1.165) is 15.7 Å². The Balaban J connectivity index is 2.19. The summed E-state index contributed by atoms with van der Waals surface area (Å²) in [6, 6.07) is 16.1. The largest absolute Gasteiger partial charge is 0.464 e. The first-order chi connectivity index (χ1) is 13.1. The average Bonchev–Trinajstić information content (AvgIpc) is 2.69. The zero-order valence-corrected chi connectivity index (χ0v) is 16.5. The Morgan fingerprint density at radius 2 is 1.93 bits per heavy atom. The van der Waals surface area contributed by atoms with Crippen LogP contribution in [-0.4, -0.2) is 31.3 Å². The summed E-state index contributed by atoms with van der Waals surface area (Å²) in [5.41, 5.74) is 10.4. The lowest BCUT2D eigenvalue weighted by atomic mass is 10.1. The minimum atomic E-state index is -0.819. The molecular weight excluding hydrogens is 412 g/mol. The Morgan fingerprint density at radius 1 is 1.22 bits per heavy atom. The van der Waals surface area contributed by atoms with E-state index in [2.05, 4.69) is 31.3 Å². The molecule has 1 N–H and O–H groups in total. The van der Waals surface area contributed by atoms with Crippen molar-refractivity contribution < 1.29 is 14.3 Å². The minimum Gasteiger partial charge on any atom is -0.464 e. The van der Waals surface area contributed by atoms with Gasteiger partial charge in [0, 0.05) is 15.1 Å². The van der Waals surface area contributed by atoms with Crippen LogP contribution >= 0.6 is 15.9 Å². The molecule has 2 aromatic rings. The number of nitrogens with zero attached hydrogens (tertiary/aromatic N) is 3. The molecule has 0 aromatic heterocycles. The Labute approximate surface area is 166 Å². The third-order valence-corrected chi connectivity index (χ3v) is 4.24. The van der Waals surface area contributed by atoms with Crippen molar-refractivity contribution in [2.75, 3.05) is 18.5 Å². The third kappa shape index (κ3) is 6.94. The van der Waals surface area contributed by atoms with E-state index in [4.69, 9.17) is 15.0 Å². The van der Waals surface area contributed by atoms with Gasteiger partial charge in [0.25, 0.3) is 0 Å². The van der Waals surface area contributed by atoms with Crippen LogP contribution < -0.4 is 5.32 Å². The molecule has 0 aliphatic carbocycles. The summed E-state index contributed by atoms with van der Waals surface area (Å²) in [7, 11) is 0. The van der Waals surface area contributed by atoms with E-state index < -0.39 is 18.1 Å². The van der Waals surface area contributed by atoms with Crippen LogP contribution in [0.1, 0.15) is 12.5 Å². The van der Waals surface area contributed by atoms with Gasteiger partial charge in [-0.2, -0.15) is 0 Å². The first kappa shape index (κ1) is 20.8. The maximum absolute atomic E-state index is 12.5. The third-order valence-electron chi connectivity index (χ3n) is 3.71. The van der Waals surface area contributed by atoms with Gasteiger partial charge in [-0.3, -0.25) is 0 Å². The number of carbonyl (C=O) groups is 1. The predicted molar refractivity (Wildman–Crippen MR) is 107 cm³/mol. The topological polar surface area (TPSA) is 96.3 Å². The van der Waals surface area contributed by atoms with Crippen molar-refractivity contribution in [1.29, 1.82) is 0 Å². The number of nitrogens with one attached hydrogen (secondary N) is 1. The number of esters is 1. The number of halogens is 1. The van der Waals surface area contributed by atoms with Crippen LogP contribution in [0, 0.1) is 0 Å². The Kier molecular flexibility index (Phi) is 8.64. The molecule has 0 fully saturated rings. The summed E-state index contributed by atoms with van der Waals surface area (Å²) in [5.74, 6) is -0.466. The molecule has 27 heavy (non-hydrogen) atoms. The molecule has 0 aliphatic rings. The summed E-state index contributed by atoms with van der Waals surface area (Å²) in [6.45, 7) is 2.26. The second-order valence-corrected chi connectivity index (χ2v) is 6.55. The second kappa shape index (κ2) is 11.2. The highest BCUT2D eigenvalue weighted by Crippen LogP contribution is 2.18. The van der Waals surface area contributed by atoms with E-state index in [1.165, 1.54) is 0 Å². The smallest absolute Gasteiger partial charge is 0.331 e. The van der Waals surface area contributed by atoms with E-state index in [9.17, 15) is 4.79 Å². The molecule has 2 atom stereocenters. The quantitative estimate of drug-likeness (QED) is 0.255. The van der Waals surface area contributed by atoms with Crippen LogP contribution in [0.5, 0.6) is 0 Å². The van der Waals surface area contributed by atoms with E-state index in [1.807, 2.05) is 54.6 Å². The molecule has 0 radical (unpaired) electrons. The SMILES string of the molecule is CCOC(=O)C(Nc1ccc(Br)cc1)C(CN=[N+]=[N-])OCc1ccccc1. The number of hydrogen-bond donors (Lipinski definition) is 1. The highest BCUT2D eigenvalue weighted by atomic mass is 79.9. The van der Waals surface area contributed by atoms with Crippen LogP contribution in [0.4, 0.5) is 5.69 Å². The molecule has 0 aliphatic heterocycles. The zero-order chi connectivity index (χ0) is 19.5. The fourth-order valence-electron chi connectivity index (χ4n) is 2.41. The average molecular weight is 433 g/mol. The first-order valence-corrected chi connectivity index (χ1v) is 9.28. The second-order valence-electron chi connectivity index (χ2n) is 5.63. The maximum Gasteiger partial charge on any atom is 0.331 e. The number of carbonyl (C=O) groups excluding carboxylic acids is 1. The number of azide groups is 1. The summed E-state index contributed by atoms with van der Waals surface area (Å²) in [4.78, 5) is 15.3. The van der Waals surface area contributed by atoms with Gasteiger partial charge < -0.3 is 14.8 Å². The number of rotatable bonds is 10. The number of hydrogen-bond acceptors (Lipinski definition) is 5. The number of ether oxygens (including phenoxy) is 2. The first-order valence-electron chi connectivity index (χ1n) is 8.49. The van der Waals surface area contributed by atoms with Gasteiger partial charge in [0.1, 0.15) is 0 Å². The van der Waals surface area contributed by atoms with Crippen molar-refractivity contribution in [3.8, 4) is 0 Å². The van der Waals surface area contributed by atoms with Crippen LogP contribution in [0.3, 0.4) is 0 Å². The lowest BCUT2D eigenvalue weighted by Gasteiger charge is -2.26. The van der Waals surface area contributed by atoms with E-state index in [-0.39, 0.29) is 19.8 Å². The summed E-state index contributed by atoms with van der Waals surface area (Å²) < 4.78 is 12.0. The van der Waals surface area contributed by atoms with Gasteiger partial charge >= 0.3 is 5.97 Å². The molecule has 0 spiro atoms. The van der Waals surface area contributed by atoms with Crippen LogP contribution in [0.25, 0.3) is 10.4 Å². The summed E-state index contributed by atoms with van der Waals surface area (Å²) in [6.07, 6.45) is -0.691. The van der Waals surface area contributed by atoms with Crippen molar-refractivity contribution in [3.05, 3.63) is 75.1 Å². The molecule has 142 valence electrons. The molecule has 0 saturated carbocycles.